The molecule has 1 aliphatic rings. The maximum Gasteiger partial charge on any atom is 0.416 e. The van der Waals surface area contributed by atoms with E-state index in [0.29, 0.717) is 26.2 Å². The average Bonchev–Trinajstić information content (AvgIpc) is 2.67. The van der Waals surface area contributed by atoms with Crippen LogP contribution < -0.4 is 4.90 Å². The molecule has 0 saturated carbocycles. The van der Waals surface area contributed by atoms with Crippen LogP contribution in [0.25, 0.3) is 0 Å². The van der Waals surface area contributed by atoms with E-state index in [0.717, 1.165) is 24.4 Å². The number of carbonyl (C=O) groups excluding carboxylic acids is 1. The molecule has 0 N–H and O–H groups in total. The third-order valence-electron chi connectivity index (χ3n) is 4.80. The first kappa shape index (κ1) is 20.2. The van der Waals surface area contributed by atoms with Crippen molar-refractivity contribution >= 4 is 11.6 Å². The number of anilines is 1. The summed E-state index contributed by atoms with van der Waals surface area (Å²) in [7, 11) is 4.05. The van der Waals surface area contributed by atoms with Gasteiger partial charge in [0, 0.05) is 44.0 Å². The Morgan fingerprint density at radius 1 is 1.00 bits per heavy atom. The summed E-state index contributed by atoms with van der Waals surface area (Å²) >= 11 is 0. The second-order valence-corrected chi connectivity index (χ2v) is 7.26. The van der Waals surface area contributed by atoms with Crippen LogP contribution >= 0.6 is 0 Å². The fourth-order valence-electron chi connectivity index (χ4n) is 3.37. The highest BCUT2D eigenvalue weighted by Crippen LogP contribution is 2.29. The first-order valence-electron chi connectivity index (χ1n) is 9.19. The van der Waals surface area contributed by atoms with Crippen LogP contribution in [0, 0.1) is 0 Å². The van der Waals surface area contributed by atoms with Gasteiger partial charge in [0.25, 0.3) is 5.91 Å². The highest BCUT2D eigenvalue weighted by molar-refractivity contribution is 5.94. The predicted molar refractivity (Wildman–Crippen MR) is 103 cm³/mol. The second kappa shape index (κ2) is 8.22. The molecule has 3 rings (SSSR count). The van der Waals surface area contributed by atoms with Crippen molar-refractivity contribution in [1.29, 1.82) is 0 Å². The van der Waals surface area contributed by atoms with Crippen LogP contribution in [-0.4, -0.2) is 56.0 Å². The summed E-state index contributed by atoms with van der Waals surface area (Å²) in [4.78, 5) is 18.6. The first-order valence-corrected chi connectivity index (χ1v) is 9.19. The minimum Gasteiger partial charge on any atom is -0.368 e. The number of alkyl halides is 3. The summed E-state index contributed by atoms with van der Waals surface area (Å²) in [6.07, 6.45) is -4.39. The molecule has 4 nitrogen and oxygen atoms in total. The van der Waals surface area contributed by atoms with E-state index >= 15 is 0 Å². The Morgan fingerprint density at radius 2 is 1.64 bits per heavy atom. The summed E-state index contributed by atoms with van der Waals surface area (Å²) in [5.41, 5.74) is 1.90. The van der Waals surface area contributed by atoms with E-state index < -0.39 is 11.7 Å². The smallest absolute Gasteiger partial charge is 0.368 e. The molecule has 2 aromatic carbocycles. The number of benzene rings is 2. The number of halogens is 3. The predicted octanol–water partition coefficient (Wildman–Crippen LogP) is 3.73. The molecule has 0 unspecified atom stereocenters. The van der Waals surface area contributed by atoms with Crippen LogP contribution in [0.15, 0.2) is 48.5 Å². The maximum absolute atomic E-state index is 12.7. The van der Waals surface area contributed by atoms with Gasteiger partial charge in [-0.1, -0.05) is 12.1 Å². The minimum atomic E-state index is -4.39. The lowest BCUT2D eigenvalue weighted by atomic mass is 10.1. The SMILES string of the molecule is CN(C)Cc1cccc(N2CCN(C(=O)c3ccc(C(F)(F)F)cc3)CC2)c1. The molecule has 1 saturated heterocycles. The summed E-state index contributed by atoms with van der Waals surface area (Å²) < 4.78 is 38.0. The third-order valence-corrected chi connectivity index (χ3v) is 4.80. The quantitative estimate of drug-likeness (QED) is 0.795. The average molecular weight is 391 g/mol. The molecule has 1 heterocycles. The van der Waals surface area contributed by atoms with E-state index in [2.05, 4.69) is 28.0 Å². The summed E-state index contributed by atoms with van der Waals surface area (Å²) in [5, 5.41) is 0. The highest BCUT2D eigenvalue weighted by Gasteiger charge is 2.30. The van der Waals surface area contributed by atoms with Crippen molar-refractivity contribution in [3.63, 3.8) is 0 Å². The molecule has 1 amide bonds. The fourth-order valence-corrected chi connectivity index (χ4v) is 3.37. The molecular weight excluding hydrogens is 367 g/mol. The van der Waals surface area contributed by atoms with Crippen LogP contribution in [0.2, 0.25) is 0 Å². The van der Waals surface area contributed by atoms with Crippen molar-refractivity contribution in [2.24, 2.45) is 0 Å². The van der Waals surface area contributed by atoms with Gasteiger partial charge in [0.05, 0.1) is 5.56 Å². The Kier molecular flexibility index (Phi) is 5.93. The lowest BCUT2D eigenvalue weighted by Crippen LogP contribution is -2.48. The highest BCUT2D eigenvalue weighted by atomic mass is 19.4. The molecule has 0 radical (unpaired) electrons. The maximum atomic E-state index is 12.7. The molecule has 150 valence electrons. The molecule has 0 aromatic heterocycles. The summed E-state index contributed by atoms with van der Waals surface area (Å²) in [6.45, 7) is 3.32. The number of rotatable bonds is 4. The number of hydrogen-bond donors (Lipinski definition) is 0. The molecule has 0 spiro atoms. The molecule has 7 heteroatoms. The van der Waals surface area contributed by atoms with E-state index in [1.54, 1.807) is 4.90 Å². The van der Waals surface area contributed by atoms with Gasteiger partial charge in [-0.25, -0.2) is 0 Å². The van der Waals surface area contributed by atoms with Crippen LogP contribution in [0.4, 0.5) is 18.9 Å². The number of amides is 1. The molecule has 1 fully saturated rings. The van der Waals surface area contributed by atoms with Gasteiger partial charge in [0.2, 0.25) is 0 Å². The zero-order valence-electron chi connectivity index (χ0n) is 16.0. The molecule has 2 aromatic rings. The molecular formula is C21H24F3N3O. The topological polar surface area (TPSA) is 26.8 Å². The van der Waals surface area contributed by atoms with Crippen molar-refractivity contribution in [1.82, 2.24) is 9.80 Å². The van der Waals surface area contributed by atoms with Gasteiger partial charge >= 0.3 is 6.18 Å². The van der Waals surface area contributed by atoms with Crippen molar-refractivity contribution in [2.45, 2.75) is 12.7 Å². The van der Waals surface area contributed by atoms with Gasteiger partial charge in [-0.15, -0.1) is 0 Å². The van der Waals surface area contributed by atoms with Crippen LogP contribution in [0.5, 0.6) is 0 Å². The first-order chi connectivity index (χ1) is 13.2. The van der Waals surface area contributed by atoms with E-state index in [4.69, 9.17) is 0 Å². The second-order valence-electron chi connectivity index (χ2n) is 7.26. The Bertz CT molecular complexity index is 810. The molecule has 1 aliphatic heterocycles. The minimum absolute atomic E-state index is 0.227. The third kappa shape index (κ3) is 4.84. The van der Waals surface area contributed by atoms with E-state index in [9.17, 15) is 18.0 Å². The van der Waals surface area contributed by atoms with E-state index in [-0.39, 0.29) is 11.5 Å². The number of hydrogen-bond acceptors (Lipinski definition) is 3. The zero-order valence-corrected chi connectivity index (χ0v) is 16.0. The van der Waals surface area contributed by atoms with Gasteiger partial charge in [0.1, 0.15) is 0 Å². The monoisotopic (exact) mass is 391 g/mol. The molecule has 0 aliphatic carbocycles. The largest absolute Gasteiger partial charge is 0.416 e. The summed E-state index contributed by atoms with van der Waals surface area (Å²) in [6, 6.07) is 12.8. The Morgan fingerprint density at radius 3 is 2.21 bits per heavy atom. The van der Waals surface area contributed by atoms with Crippen LogP contribution in [0.1, 0.15) is 21.5 Å². The Labute approximate surface area is 163 Å². The molecule has 0 bridgehead atoms. The molecule has 28 heavy (non-hydrogen) atoms. The normalized spacial score (nSPS) is 15.2. The van der Waals surface area contributed by atoms with Crippen LogP contribution in [0.3, 0.4) is 0 Å². The number of nitrogens with zero attached hydrogens (tertiary/aromatic N) is 3. The Balaban J connectivity index is 1.61. The van der Waals surface area contributed by atoms with Gasteiger partial charge < -0.3 is 14.7 Å². The number of carbonyl (C=O) groups is 1. The number of piperazine rings is 1. The van der Waals surface area contributed by atoms with E-state index in [1.165, 1.54) is 17.7 Å². The summed E-state index contributed by atoms with van der Waals surface area (Å²) in [5.74, 6) is -0.227. The van der Waals surface area contributed by atoms with Crippen molar-refractivity contribution in [3.05, 3.63) is 65.2 Å². The van der Waals surface area contributed by atoms with E-state index in [1.807, 2.05) is 20.2 Å². The lowest BCUT2D eigenvalue weighted by molar-refractivity contribution is -0.137. The van der Waals surface area contributed by atoms with Crippen molar-refractivity contribution in [3.8, 4) is 0 Å². The lowest BCUT2D eigenvalue weighted by Gasteiger charge is -2.36. The van der Waals surface area contributed by atoms with Crippen LogP contribution in [-0.2, 0) is 12.7 Å². The standard InChI is InChI=1S/C21H24F3N3O/c1-25(2)15-16-4-3-5-19(14-16)26-10-12-27(13-11-26)20(28)17-6-8-18(9-7-17)21(22,23)24/h3-9,14H,10-13,15H2,1-2H3. The van der Waals surface area contributed by atoms with Gasteiger partial charge in [-0.05, 0) is 56.1 Å². The van der Waals surface area contributed by atoms with Crippen molar-refractivity contribution < 1.29 is 18.0 Å². The van der Waals surface area contributed by atoms with Crippen molar-refractivity contribution in [2.75, 3.05) is 45.2 Å². The Hall–Kier alpha value is -2.54. The zero-order chi connectivity index (χ0) is 20.3. The van der Waals surface area contributed by atoms with Gasteiger partial charge in [0.15, 0.2) is 0 Å². The van der Waals surface area contributed by atoms with Gasteiger partial charge in [-0.2, -0.15) is 13.2 Å². The molecule has 0 atom stereocenters. The van der Waals surface area contributed by atoms with Gasteiger partial charge in [-0.3, -0.25) is 4.79 Å². The fraction of sp³-hybridized carbons (Fsp3) is 0.381.